The fourth-order valence-corrected chi connectivity index (χ4v) is 8.21. The molecule has 2 aliphatic heterocycles. The van der Waals surface area contributed by atoms with Crippen molar-refractivity contribution >= 4 is 33.4 Å². The van der Waals surface area contributed by atoms with E-state index in [4.69, 9.17) is 16.1 Å². The van der Waals surface area contributed by atoms with Crippen molar-refractivity contribution in [3.8, 4) is 35.4 Å². The second-order valence-electron chi connectivity index (χ2n) is 11.5. The third kappa shape index (κ3) is 4.63. The molecule has 6 nitrogen and oxygen atoms in total. The summed E-state index contributed by atoms with van der Waals surface area (Å²) in [5.41, 5.74) is -0.409. The summed E-state index contributed by atoms with van der Waals surface area (Å²) in [6.45, 7) is 1.44. The topological polar surface area (TPSA) is 71.4 Å². The molecular formula is C32H29F3N4O2S. The van der Waals surface area contributed by atoms with Crippen molar-refractivity contribution in [2.45, 2.75) is 66.9 Å². The van der Waals surface area contributed by atoms with Crippen LogP contribution in [0, 0.1) is 24.0 Å². The number of phenols is 1. The van der Waals surface area contributed by atoms with Gasteiger partial charge in [-0.05, 0) is 55.8 Å². The van der Waals surface area contributed by atoms with Gasteiger partial charge in [-0.2, -0.15) is 9.97 Å². The Hall–Kier alpha value is -3.55. The third-order valence-electron chi connectivity index (χ3n) is 8.89. The second kappa shape index (κ2) is 10.6. The van der Waals surface area contributed by atoms with Gasteiger partial charge in [0.25, 0.3) is 0 Å². The average molecular weight is 591 g/mol. The van der Waals surface area contributed by atoms with Gasteiger partial charge in [-0.15, -0.1) is 18.2 Å². The van der Waals surface area contributed by atoms with Crippen LogP contribution in [0.25, 0.3) is 32.9 Å². The number of thioether (sulfide) groups is 1. The molecule has 1 aliphatic carbocycles. The van der Waals surface area contributed by atoms with E-state index in [1.807, 2.05) is 0 Å². The maximum absolute atomic E-state index is 16.5. The van der Waals surface area contributed by atoms with Crippen LogP contribution in [0.3, 0.4) is 0 Å². The van der Waals surface area contributed by atoms with Gasteiger partial charge in [0.2, 0.25) is 0 Å². The lowest BCUT2D eigenvalue weighted by atomic mass is 9.95. The number of alkyl halides is 1. The Morgan fingerprint density at radius 2 is 2.00 bits per heavy atom. The van der Waals surface area contributed by atoms with E-state index >= 15 is 4.39 Å². The SMILES string of the molecule is C#Cc1c(F)ccc2cc(O)cc(-c3ncc4c(SC5CCCC5)nc(OC[C@@]56CCCN5C[C@H](F)C6)nc4c3F)c12. The Morgan fingerprint density at radius 3 is 2.81 bits per heavy atom. The summed E-state index contributed by atoms with van der Waals surface area (Å²) in [5.74, 6) is 0.840. The first-order valence-corrected chi connectivity index (χ1v) is 15.2. The smallest absolute Gasteiger partial charge is 0.318 e. The Bertz CT molecular complexity index is 1760. The van der Waals surface area contributed by atoms with Gasteiger partial charge in [0.05, 0.1) is 16.5 Å². The molecule has 0 unspecified atom stereocenters. The normalized spacial score (nSPS) is 22.7. The van der Waals surface area contributed by atoms with E-state index in [2.05, 4.69) is 20.8 Å². The van der Waals surface area contributed by atoms with Gasteiger partial charge < -0.3 is 9.84 Å². The number of aromatic hydroxyl groups is 1. The number of phenolic OH excluding ortho intramolecular Hbond substituents is 1. The maximum atomic E-state index is 16.5. The maximum Gasteiger partial charge on any atom is 0.318 e. The highest BCUT2D eigenvalue weighted by molar-refractivity contribution is 8.00. The molecule has 4 aromatic rings. The Balaban J connectivity index is 1.36. The van der Waals surface area contributed by atoms with Crippen LogP contribution in [0.15, 0.2) is 35.5 Å². The molecular weight excluding hydrogens is 561 g/mol. The lowest BCUT2D eigenvalue weighted by Crippen LogP contribution is -2.43. The number of fused-ring (bicyclic) bond motifs is 3. The van der Waals surface area contributed by atoms with E-state index in [1.54, 1.807) is 11.8 Å². The predicted molar refractivity (Wildman–Crippen MR) is 156 cm³/mol. The fraction of sp³-hybridized carbons (Fsp3) is 0.406. The number of benzene rings is 2. The molecule has 3 aliphatic rings. The van der Waals surface area contributed by atoms with Crippen molar-refractivity contribution in [3.05, 3.63) is 47.7 Å². The molecule has 10 heteroatoms. The fourth-order valence-electron chi connectivity index (χ4n) is 6.92. The number of halogens is 3. The van der Waals surface area contributed by atoms with Crippen LogP contribution >= 0.6 is 11.8 Å². The quantitative estimate of drug-likeness (QED) is 0.196. The number of terminal acetylenes is 1. The summed E-state index contributed by atoms with van der Waals surface area (Å²) in [5, 5.41) is 12.5. The monoisotopic (exact) mass is 590 g/mol. The third-order valence-corrected chi connectivity index (χ3v) is 10.2. The average Bonchev–Trinajstić information content (AvgIpc) is 3.69. The first-order valence-electron chi connectivity index (χ1n) is 14.3. The number of hydrogen-bond acceptors (Lipinski definition) is 7. The van der Waals surface area contributed by atoms with Crippen molar-refractivity contribution in [1.29, 1.82) is 0 Å². The number of ether oxygens (including phenoxy) is 1. The van der Waals surface area contributed by atoms with E-state index in [0.717, 1.165) is 45.1 Å². The van der Waals surface area contributed by atoms with Crippen LogP contribution in [0.2, 0.25) is 0 Å². The minimum Gasteiger partial charge on any atom is -0.508 e. The lowest BCUT2D eigenvalue weighted by molar-refractivity contribution is 0.107. The minimum atomic E-state index is -0.902. The number of nitrogens with zero attached hydrogens (tertiary/aromatic N) is 4. The summed E-state index contributed by atoms with van der Waals surface area (Å²) in [6, 6.07) is 5.50. The molecule has 42 heavy (non-hydrogen) atoms. The molecule has 2 saturated heterocycles. The molecule has 0 bridgehead atoms. The van der Waals surface area contributed by atoms with E-state index in [0.29, 0.717) is 34.0 Å². The Kier molecular flexibility index (Phi) is 6.90. The highest BCUT2D eigenvalue weighted by Crippen LogP contribution is 2.43. The second-order valence-corrected chi connectivity index (χ2v) is 12.8. The molecule has 4 heterocycles. The lowest BCUT2D eigenvalue weighted by Gasteiger charge is -2.30. The Morgan fingerprint density at radius 1 is 1.17 bits per heavy atom. The van der Waals surface area contributed by atoms with Gasteiger partial charge in [-0.1, -0.05) is 24.8 Å². The predicted octanol–water partition coefficient (Wildman–Crippen LogP) is 6.80. The minimum absolute atomic E-state index is 0.0104. The van der Waals surface area contributed by atoms with Crippen molar-refractivity contribution in [2.24, 2.45) is 0 Å². The number of rotatable bonds is 6. The largest absolute Gasteiger partial charge is 0.508 e. The molecule has 0 amide bonds. The first-order chi connectivity index (χ1) is 20.3. The number of pyridine rings is 1. The molecule has 2 aromatic heterocycles. The van der Waals surface area contributed by atoms with Crippen LogP contribution in [-0.4, -0.2) is 61.6 Å². The number of aromatic nitrogens is 3. The molecule has 1 saturated carbocycles. The summed E-state index contributed by atoms with van der Waals surface area (Å²) in [7, 11) is 0. The molecule has 216 valence electrons. The van der Waals surface area contributed by atoms with Gasteiger partial charge in [-0.25, -0.2) is 13.2 Å². The molecule has 2 atom stereocenters. The van der Waals surface area contributed by atoms with Crippen LogP contribution in [0.5, 0.6) is 11.8 Å². The Labute approximate surface area is 245 Å². The van der Waals surface area contributed by atoms with Crippen LogP contribution in [0.1, 0.15) is 50.5 Å². The van der Waals surface area contributed by atoms with Crippen LogP contribution in [0.4, 0.5) is 13.2 Å². The van der Waals surface area contributed by atoms with E-state index < -0.39 is 23.3 Å². The van der Waals surface area contributed by atoms with Crippen molar-refractivity contribution < 1.29 is 23.0 Å². The summed E-state index contributed by atoms with van der Waals surface area (Å²) in [4.78, 5) is 15.8. The van der Waals surface area contributed by atoms with Crippen LogP contribution < -0.4 is 4.74 Å². The zero-order valence-corrected chi connectivity index (χ0v) is 23.7. The standard InChI is InChI=1S/C32H29F3N4O2S/c1-2-22-25(34)9-8-18-12-20(40)13-23(26(18)22)28-27(35)29-24(15-36-28)30(42-21-6-3-4-7-21)38-31(37-29)41-17-32-10-5-11-39(32)16-19(33)14-32/h1,8-9,12-13,15,19,21,40H,3-7,10-11,14,16-17H2/t19-,32+/m1/s1. The van der Waals surface area contributed by atoms with Crippen LogP contribution in [-0.2, 0) is 0 Å². The molecule has 0 radical (unpaired) electrons. The van der Waals surface area contributed by atoms with Crippen molar-refractivity contribution in [3.63, 3.8) is 0 Å². The van der Waals surface area contributed by atoms with Gasteiger partial charge in [0.15, 0.2) is 5.82 Å². The van der Waals surface area contributed by atoms with E-state index in [1.165, 1.54) is 30.5 Å². The van der Waals surface area contributed by atoms with Crippen molar-refractivity contribution in [2.75, 3.05) is 19.7 Å². The molecule has 7 rings (SSSR count). The molecule has 2 aromatic carbocycles. The highest BCUT2D eigenvalue weighted by atomic mass is 32.2. The molecule has 3 fully saturated rings. The summed E-state index contributed by atoms with van der Waals surface area (Å²) >= 11 is 1.57. The first kappa shape index (κ1) is 27.3. The molecule has 1 N–H and O–H groups in total. The van der Waals surface area contributed by atoms with Gasteiger partial charge in [0.1, 0.15) is 40.6 Å². The van der Waals surface area contributed by atoms with Gasteiger partial charge in [-0.3, -0.25) is 9.88 Å². The zero-order chi connectivity index (χ0) is 29.0. The molecule has 0 spiro atoms. The number of hydrogen-bond donors (Lipinski definition) is 1. The summed E-state index contributed by atoms with van der Waals surface area (Å²) in [6.07, 6.45) is 12.8. The van der Waals surface area contributed by atoms with E-state index in [9.17, 15) is 13.9 Å². The van der Waals surface area contributed by atoms with E-state index in [-0.39, 0.29) is 46.1 Å². The highest BCUT2D eigenvalue weighted by Gasteiger charge is 2.49. The van der Waals surface area contributed by atoms with Gasteiger partial charge in [0, 0.05) is 35.4 Å². The zero-order valence-electron chi connectivity index (χ0n) is 22.9. The van der Waals surface area contributed by atoms with Crippen molar-refractivity contribution in [1.82, 2.24) is 19.9 Å². The van der Waals surface area contributed by atoms with Gasteiger partial charge >= 0.3 is 6.01 Å². The summed E-state index contributed by atoms with van der Waals surface area (Å²) < 4.78 is 51.7.